The Kier molecular flexibility index (Phi) is 8.53. The van der Waals surface area contributed by atoms with Gasteiger partial charge in [-0.15, -0.1) is 0 Å². The number of primary sulfonamides is 1. The molecule has 1 aromatic carbocycles. The van der Waals surface area contributed by atoms with Crippen molar-refractivity contribution >= 4 is 15.9 Å². The lowest BCUT2D eigenvalue weighted by atomic mass is 9.95. The molecule has 1 unspecified atom stereocenters. The van der Waals surface area contributed by atoms with E-state index in [1.54, 1.807) is 0 Å². The monoisotopic (exact) mass is 437 g/mol. The summed E-state index contributed by atoms with van der Waals surface area (Å²) in [5.41, 5.74) is 1.32. The van der Waals surface area contributed by atoms with E-state index < -0.39 is 10.0 Å². The van der Waals surface area contributed by atoms with Gasteiger partial charge in [0.25, 0.3) is 0 Å². The smallest absolute Gasteiger partial charge is 0.222 e. The number of carbonyl (C=O) groups excluding carboxylic acids is 1. The summed E-state index contributed by atoms with van der Waals surface area (Å²) < 4.78 is 28.2. The van der Waals surface area contributed by atoms with Crippen LogP contribution < -0.4 is 9.88 Å². The number of carbonyl (C=O) groups is 1. The predicted octanol–water partition coefficient (Wildman–Crippen LogP) is 2.15. The summed E-state index contributed by atoms with van der Waals surface area (Å²) in [6, 6.07) is 8.89. The highest BCUT2D eigenvalue weighted by Gasteiger charge is 2.24. The Balaban J connectivity index is 1.66. The fraction of sp³-hybridized carbons (Fsp3) is 0.682. The zero-order valence-corrected chi connectivity index (χ0v) is 18.6. The van der Waals surface area contributed by atoms with E-state index in [9.17, 15) is 13.2 Å². The van der Waals surface area contributed by atoms with Gasteiger partial charge in [0.05, 0.1) is 12.4 Å². The van der Waals surface area contributed by atoms with E-state index in [-0.39, 0.29) is 24.5 Å². The highest BCUT2D eigenvalue weighted by molar-refractivity contribution is 7.89. The van der Waals surface area contributed by atoms with Crippen molar-refractivity contribution in [1.29, 1.82) is 0 Å². The largest absolute Gasteiger partial charge is 0.494 e. The normalized spacial score (nSPS) is 21.9. The minimum absolute atomic E-state index is 0.00120. The maximum Gasteiger partial charge on any atom is 0.222 e. The Labute approximate surface area is 180 Å². The van der Waals surface area contributed by atoms with Crippen LogP contribution in [0.3, 0.4) is 0 Å². The van der Waals surface area contributed by atoms with Crippen LogP contribution in [-0.2, 0) is 21.2 Å². The molecule has 0 radical (unpaired) electrons. The Hall–Kier alpha value is -1.64. The second-order valence-electron chi connectivity index (χ2n) is 8.42. The van der Waals surface area contributed by atoms with Gasteiger partial charge in [0.2, 0.25) is 15.9 Å². The fourth-order valence-corrected chi connectivity index (χ4v) is 4.99. The van der Waals surface area contributed by atoms with Gasteiger partial charge in [0.15, 0.2) is 0 Å². The van der Waals surface area contributed by atoms with E-state index >= 15 is 0 Å². The van der Waals surface area contributed by atoms with Gasteiger partial charge in [-0.1, -0.05) is 18.6 Å². The van der Waals surface area contributed by atoms with Gasteiger partial charge >= 0.3 is 0 Å². The lowest BCUT2D eigenvalue weighted by molar-refractivity contribution is -0.131. The van der Waals surface area contributed by atoms with Crippen molar-refractivity contribution in [2.45, 2.75) is 57.4 Å². The standard InChI is InChI=1S/C22H35N3O4S/c23-30(27,28)17-4-9-22(26)25-13-5-16-29-21-8-3-6-19(18-21)10-11-20-7-1-2-12-24(20)14-15-25/h3,6,8,18,20H,1-2,4-5,7,9-17H2,(H2,23,27,28). The Morgan fingerprint density at radius 3 is 2.80 bits per heavy atom. The number of nitrogens with zero attached hydrogens (tertiary/aromatic N) is 2. The van der Waals surface area contributed by atoms with Gasteiger partial charge in [0.1, 0.15) is 5.75 Å². The Morgan fingerprint density at radius 1 is 1.10 bits per heavy atom. The molecule has 0 spiro atoms. The summed E-state index contributed by atoms with van der Waals surface area (Å²) in [4.78, 5) is 17.2. The lowest BCUT2D eigenvalue weighted by Crippen LogP contribution is -2.45. The van der Waals surface area contributed by atoms with E-state index in [0.29, 0.717) is 25.7 Å². The predicted molar refractivity (Wildman–Crippen MR) is 118 cm³/mol. The third-order valence-electron chi connectivity index (χ3n) is 6.08. The Morgan fingerprint density at radius 2 is 1.97 bits per heavy atom. The minimum atomic E-state index is -3.53. The van der Waals surface area contributed by atoms with Gasteiger partial charge in [-0.3, -0.25) is 9.69 Å². The van der Waals surface area contributed by atoms with Crippen LogP contribution in [0.15, 0.2) is 24.3 Å². The van der Waals surface area contributed by atoms with Crippen LogP contribution in [-0.4, -0.2) is 68.7 Å². The summed E-state index contributed by atoms with van der Waals surface area (Å²) in [5.74, 6) is 0.734. The third-order valence-corrected chi connectivity index (χ3v) is 6.94. The molecule has 30 heavy (non-hydrogen) atoms. The van der Waals surface area contributed by atoms with Crippen molar-refractivity contribution < 1.29 is 17.9 Å². The van der Waals surface area contributed by atoms with Crippen LogP contribution >= 0.6 is 0 Å². The molecule has 2 N–H and O–H groups in total. The van der Waals surface area contributed by atoms with Gasteiger partial charge < -0.3 is 9.64 Å². The number of aryl methyl sites for hydroxylation is 1. The number of hydrogen-bond acceptors (Lipinski definition) is 5. The number of hydrogen-bond donors (Lipinski definition) is 1. The number of fused-ring (bicyclic) bond motifs is 3. The van der Waals surface area contributed by atoms with Crippen LogP contribution in [0.1, 0.15) is 50.5 Å². The molecular weight excluding hydrogens is 402 g/mol. The van der Waals surface area contributed by atoms with E-state index in [4.69, 9.17) is 9.88 Å². The van der Waals surface area contributed by atoms with Crippen molar-refractivity contribution in [2.24, 2.45) is 5.14 Å². The molecule has 8 heteroatoms. The molecule has 0 aromatic heterocycles. The molecule has 2 bridgehead atoms. The van der Waals surface area contributed by atoms with Crippen molar-refractivity contribution in [3.05, 3.63) is 29.8 Å². The van der Waals surface area contributed by atoms with Crippen molar-refractivity contribution in [1.82, 2.24) is 9.80 Å². The zero-order valence-electron chi connectivity index (χ0n) is 17.8. The highest BCUT2D eigenvalue weighted by atomic mass is 32.2. The average Bonchev–Trinajstić information content (AvgIpc) is 2.71. The van der Waals surface area contributed by atoms with Crippen molar-refractivity contribution in [2.75, 3.05) is 38.5 Å². The topological polar surface area (TPSA) is 92.9 Å². The maximum absolute atomic E-state index is 12.8. The molecule has 2 aliphatic rings. The summed E-state index contributed by atoms with van der Waals surface area (Å²) in [6.45, 7) is 3.80. The fourth-order valence-electron chi connectivity index (χ4n) is 4.44. The quantitative estimate of drug-likeness (QED) is 0.779. The molecule has 2 heterocycles. The lowest BCUT2D eigenvalue weighted by Gasteiger charge is -2.37. The molecule has 0 aliphatic carbocycles. The van der Waals surface area contributed by atoms with Gasteiger partial charge in [-0.25, -0.2) is 13.6 Å². The molecule has 168 valence electrons. The zero-order chi connectivity index (χ0) is 21.4. The SMILES string of the molecule is NS(=O)(=O)CCCC(=O)N1CCCOc2cccc(c2)CCC2CCCCN2CC1. The first-order valence-corrected chi connectivity index (χ1v) is 12.9. The molecule has 3 rings (SSSR count). The second-order valence-corrected chi connectivity index (χ2v) is 10.2. The van der Waals surface area contributed by atoms with Crippen molar-refractivity contribution in [3.8, 4) is 5.75 Å². The van der Waals surface area contributed by atoms with E-state index in [2.05, 4.69) is 23.1 Å². The first kappa shape index (κ1) is 23.0. The van der Waals surface area contributed by atoms with E-state index in [1.807, 2.05) is 11.0 Å². The van der Waals surface area contributed by atoms with Crippen molar-refractivity contribution in [3.63, 3.8) is 0 Å². The van der Waals surface area contributed by atoms with E-state index in [1.165, 1.54) is 24.8 Å². The van der Waals surface area contributed by atoms with Crippen LogP contribution in [0, 0.1) is 0 Å². The molecule has 1 atom stereocenters. The second kappa shape index (κ2) is 11.1. The van der Waals surface area contributed by atoms with Gasteiger partial charge in [-0.05, 0) is 62.8 Å². The molecule has 0 saturated carbocycles. The molecule has 2 aliphatic heterocycles. The summed E-state index contributed by atoms with van der Waals surface area (Å²) in [5, 5.41) is 5.07. The van der Waals surface area contributed by atoms with Crippen LogP contribution in [0.25, 0.3) is 0 Å². The first-order chi connectivity index (χ1) is 14.4. The average molecular weight is 438 g/mol. The van der Waals surface area contributed by atoms with Crippen LogP contribution in [0.5, 0.6) is 5.75 Å². The summed E-state index contributed by atoms with van der Waals surface area (Å²) in [7, 11) is -3.53. The van der Waals surface area contributed by atoms with Crippen LogP contribution in [0.4, 0.5) is 0 Å². The third kappa shape index (κ3) is 7.56. The number of sulfonamides is 1. The van der Waals surface area contributed by atoms with Crippen LogP contribution in [0.2, 0.25) is 0 Å². The number of amides is 1. The number of benzene rings is 1. The number of ether oxygens (including phenoxy) is 1. The Bertz CT molecular complexity index is 799. The summed E-state index contributed by atoms with van der Waals surface area (Å²) in [6.07, 6.45) is 7.06. The van der Waals surface area contributed by atoms with Gasteiger partial charge in [0, 0.05) is 32.1 Å². The molecule has 1 fully saturated rings. The summed E-state index contributed by atoms with van der Waals surface area (Å²) >= 11 is 0. The van der Waals surface area contributed by atoms with E-state index in [0.717, 1.165) is 38.1 Å². The molecule has 1 aromatic rings. The molecule has 7 nitrogen and oxygen atoms in total. The number of nitrogens with two attached hydrogens (primary N) is 1. The maximum atomic E-state index is 12.8. The molecule has 1 saturated heterocycles. The minimum Gasteiger partial charge on any atom is -0.494 e. The van der Waals surface area contributed by atoms with Gasteiger partial charge in [-0.2, -0.15) is 0 Å². The number of piperidine rings is 1. The molecular formula is C22H35N3O4S. The highest BCUT2D eigenvalue weighted by Crippen LogP contribution is 2.23. The number of rotatable bonds is 4. The molecule has 1 amide bonds. The first-order valence-electron chi connectivity index (χ1n) is 11.1.